The third-order valence-electron chi connectivity index (χ3n) is 3.43. The van der Waals surface area contributed by atoms with E-state index < -0.39 is 0 Å². The van der Waals surface area contributed by atoms with Gasteiger partial charge >= 0.3 is 0 Å². The van der Waals surface area contributed by atoms with Crippen LogP contribution >= 0.6 is 0 Å². The van der Waals surface area contributed by atoms with Gasteiger partial charge in [0.15, 0.2) is 0 Å². The van der Waals surface area contributed by atoms with Gasteiger partial charge in [-0.1, -0.05) is 48.5 Å². The van der Waals surface area contributed by atoms with Crippen molar-refractivity contribution in [3.8, 4) is 5.75 Å². The molecule has 2 nitrogen and oxygen atoms in total. The molecule has 0 fully saturated rings. The van der Waals surface area contributed by atoms with Gasteiger partial charge in [-0.2, -0.15) is 0 Å². The van der Waals surface area contributed by atoms with E-state index >= 15 is 0 Å². The minimum Gasteiger partial charge on any atom is -0.497 e. The zero-order chi connectivity index (χ0) is 14.5. The van der Waals surface area contributed by atoms with E-state index in [1.165, 1.54) is 16.3 Å². The number of fused-ring (bicyclic) bond motifs is 1. The zero-order valence-corrected chi connectivity index (χ0v) is 12.0. The average molecular weight is 275 g/mol. The first-order valence-electron chi connectivity index (χ1n) is 6.97. The summed E-state index contributed by atoms with van der Waals surface area (Å²) in [6.07, 6.45) is 1.93. The van der Waals surface area contributed by atoms with Crippen LogP contribution in [0.5, 0.6) is 5.75 Å². The number of methoxy groups -OCH3 is 1. The lowest BCUT2D eigenvalue weighted by atomic mass is 10.1. The largest absolute Gasteiger partial charge is 0.497 e. The van der Waals surface area contributed by atoms with Crippen molar-refractivity contribution in [1.82, 2.24) is 0 Å². The fourth-order valence-electron chi connectivity index (χ4n) is 2.29. The smallest absolute Gasteiger partial charge is 0.119 e. The molecule has 0 amide bonds. The maximum Gasteiger partial charge on any atom is 0.119 e. The zero-order valence-electron chi connectivity index (χ0n) is 12.0. The summed E-state index contributed by atoms with van der Waals surface area (Å²) < 4.78 is 5.24. The van der Waals surface area contributed by atoms with Crippen molar-refractivity contribution in [2.24, 2.45) is 4.99 Å². The Morgan fingerprint density at radius 3 is 2.48 bits per heavy atom. The van der Waals surface area contributed by atoms with Crippen molar-refractivity contribution in [2.45, 2.75) is 6.54 Å². The standard InChI is InChI=1S/C19H17NO/c1-21-19-10-9-17-11-16(7-8-18(17)12-19)14-20-13-15-5-3-2-4-6-15/h2-12,14H,13H2,1H3. The molecule has 0 N–H and O–H groups in total. The summed E-state index contributed by atoms with van der Waals surface area (Å²) >= 11 is 0. The maximum atomic E-state index is 5.24. The Morgan fingerprint density at radius 1 is 0.905 bits per heavy atom. The molecule has 0 atom stereocenters. The molecule has 104 valence electrons. The molecular formula is C19H17NO. The molecule has 3 aromatic rings. The van der Waals surface area contributed by atoms with E-state index in [0.29, 0.717) is 6.54 Å². The van der Waals surface area contributed by atoms with Crippen LogP contribution in [0.15, 0.2) is 71.7 Å². The minimum absolute atomic E-state index is 0.710. The second-order valence-corrected chi connectivity index (χ2v) is 4.93. The molecule has 2 heteroatoms. The second kappa shape index (κ2) is 6.23. The van der Waals surface area contributed by atoms with E-state index in [2.05, 4.69) is 41.4 Å². The first-order chi connectivity index (χ1) is 10.3. The Labute approximate surface area is 124 Å². The highest BCUT2D eigenvalue weighted by molar-refractivity contribution is 5.91. The van der Waals surface area contributed by atoms with E-state index in [0.717, 1.165) is 11.3 Å². The first kappa shape index (κ1) is 13.4. The molecule has 3 rings (SSSR count). The lowest BCUT2D eigenvalue weighted by Crippen LogP contribution is -1.86. The Morgan fingerprint density at radius 2 is 1.67 bits per heavy atom. The van der Waals surface area contributed by atoms with Gasteiger partial charge in [0.05, 0.1) is 13.7 Å². The van der Waals surface area contributed by atoms with Gasteiger partial charge in [0.25, 0.3) is 0 Å². The van der Waals surface area contributed by atoms with E-state index in [1.54, 1.807) is 7.11 Å². The Balaban J connectivity index is 1.78. The number of hydrogen-bond donors (Lipinski definition) is 0. The highest BCUT2D eigenvalue weighted by Crippen LogP contribution is 2.21. The monoisotopic (exact) mass is 275 g/mol. The molecule has 0 aliphatic carbocycles. The molecule has 21 heavy (non-hydrogen) atoms. The predicted molar refractivity (Wildman–Crippen MR) is 88.2 cm³/mol. The van der Waals surface area contributed by atoms with Crippen LogP contribution in [0.2, 0.25) is 0 Å². The van der Waals surface area contributed by atoms with Crippen molar-refractivity contribution < 1.29 is 4.74 Å². The highest BCUT2D eigenvalue weighted by atomic mass is 16.5. The Bertz CT molecular complexity index is 763. The summed E-state index contributed by atoms with van der Waals surface area (Å²) in [5.74, 6) is 0.882. The lowest BCUT2D eigenvalue weighted by molar-refractivity contribution is 0.415. The van der Waals surface area contributed by atoms with E-state index in [4.69, 9.17) is 4.74 Å². The van der Waals surface area contributed by atoms with Crippen LogP contribution in [0.3, 0.4) is 0 Å². The number of rotatable bonds is 4. The lowest BCUT2D eigenvalue weighted by Gasteiger charge is -2.03. The molecular weight excluding hydrogens is 258 g/mol. The van der Waals surface area contributed by atoms with Crippen molar-refractivity contribution in [2.75, 3.05) is 7.11 Å². The number of ether oxygens (including phenoxy) is 1. The van der Waals surface area contributed by atoms with Gasteiger partial charge in [-0.05, 0) is 40.1 Å². The third-order valence-corrected chi connectivity index (χ3v) is 3.43. The van der Waals surface area contributed by atoms with Crippen LogP contribution in [-0.4, -0.2) is 13.3 Å². The second-order valence-electron chi connectivity index (χ2n) is 4.93. The Kier molecular flexibility index (Phi) is 3.97. The number of benzene rings is 3. The summed E-state index contributed by atoms with van der Waals surface area (Å²) in [6, 6.07) is 22.7. The first-order valence-corrected chi connectivity index (χ1v) is 6.97. The van der Waals surface area contributed by atoms with Crippen molar-refractivity contribution in [3.05, 3.63) is 77.9 Å². The summed E-state index contributed by atoms with van der Waals surface area (Å²) in [4.78, 5) is 4.50. The summed E-state index contributed by atoms with van der Waals surface area (Å²) in [7, 11) is 1.69. The molecule has 0 radical (unpaired) electrons. The highest BCUT2D eigenvalue weighted by Gasteiger charge is 1.97. The molecule has 0 unspecified atom stereocenters. The number of nitrogens with zero attached hydrogens (tertiary/aromatic N) is 1. The normalized spacial score (nSPS) is 11.1. The third kappa shape index (κ3) is 3.29. The van der Waals surface area contributed by atoms with Gasteiger partial charge < -0.3 is 4.74 Å². The van der Waals surface area contributed by atoms with Gasteiger partial charge in [0.1, 0.15) is 5.75 Å². The summed E-state index contributed by atoms with van der Waals surface area (Å²) in [6.45, 7) is 0.710. The fraction of sp³-hybridized carbons (Fsp3) is 0.105. The molecule has 0 saturated carbocycles. The molecule has 0 aromatic heterocycles. The molecule has 0 aliphatic heterocycles. The summed E-state index contributed by atoms with van der Waals surface area (Å²) in [5.41, 5.74) is 2.34. The molecule has 0 saturated heterocycles. The van der Waals surface area contributed by atoms with E-state index in [-0.39, 0.29) is 0 Å². The minimum atomic E-state index is 0.710. The van der Waals surface area contributed by atoms with Crippen LogP contribution < -0.4 is 4.74 Å². The number of aliphatic imine (C=N–C) groups is 1. The molecule has 0 aliphatic rings. The number of hydrogen-bond acceptors (Lipinski definition) is 2. The van der Waals surface area contributed by atoms with Crippen molar-refractivity contribution in [3.63, 3.8) is 0 Å². The quantitative estimate of drug-likeness (QED) is 0.644. The SMILES string of the molecule is COc1ccc2cc(C=NCc3ccccc3)ccc2c1. The van der Waals surface area contributed by atoms with E-state index in [1.807, 2.05) is 36.5 Å². The topological polar surface area (TPSA) is 21.6 Å². The molecule has 3 aromatic carbocycles. The van der Waals surface area contributed by atoms with Crippen LogP contribution in [-0.2, 0) is 6.54 Å². The van der Waals surface area contributed by atoms with Gasteiger partial charge in [-0.15, -0.1) is 0 Å². The van der Waals surface area contributed by atoms with Crippen molar-refractivity contribution >= 4 is 17.0 Å². The van der Waals surface area contributed by atoms with Crippen LogP contribution in [0, 0.1) is 0 Å². The van der Waals surface area contributed by atoms with Gasteiger partial charge in [-0.3, -0.25) is 4.99 Å². The Hall–Kier alpha value is -2.61. The van der Waals surface area contributed by atoms with Crippen LogP contribution in [0.25, 0.3) is 10.8 Å². The van der Waals surface area contributed by atoms with Crippen LogP contribution in [0.4, 0.5) is 0 Å². The van der Waals surface area contributed by atoms with Crippen molar-refractivity contribution in [1.29, 1.82) is 0 Å². The molecule has 0 heterocycles. The predicted octanol–water partition coefficient (Wildman–Crippen LogP) is 4.47. The molecule has 0 bridgehead atoms. The molecule has 0 spiro atoms. The van der Waals surface area contributed by atoms with E-state index in [9.17, 15) is 0 Å². The van der Waals surface area contributed by atoms with Gasteiger partial charge in [-0.25, -0.2) is 0 Å². The maximum absolute atomic E-state index is 5.24. The van der Waals surface area contributed by atoms with Gasteiger partial charge in [0, 0.05) is 6.21 Å². The summed E-state index contributed by atoms with van der Waals surface area (Å²) in [5, 5.41) is 2.37. The average Bonchev–Trinajstić information content (AvgIpc) is 2.55. The van der Waals surface area contributed by atoms with Crippen LogP contribution in [0.1, 0.15) is 11.1 Å². The fourth-order valence-corrected chi connectivity index (χ4v) is 2.29. The van der Waals surface area contributed by atoms with Gasteiger partial charge in [0.2, 0.25) is 0 Å².